The average Bonchev–Trinajstić information content (AvgIpc) is 3.21. The number of Topliss-reactive ketones (excluding diaryl/α,β-unsaturated/α-hetero) is 1. The van der Waals surface area contributed by atoms with Crippen molar-refractivity contribution < 1.29 is 35.9 Å². The van der Waals surface area contributed by atoms with E-state index in [2.05, 4.69) is 20.1 Å². The molecular weight excluding hydrogens is 479 g/mol. The predicted molar refractivity (Wildman–Crippen MR) is 116 cm³/mol. The minimum Gasteiger partial charge on any atom is -0.444 e. The third-order valence-corrected chi connectivity index (χ3v) is 6.27. The zero-order valence-corrected chi connectivity index (χ0v) is 20.0. The molecule has 0 fully saturated rings. The molecule has 0 radical (unpaired) electrons. The van der Waals surface area contributed by atoms with E-state index in [4.69, 9.17) is 4.74 Å². The molecule has 2 N–H and O–H groups in total. The van der Waals surface area contributed by atoms with Gasteiger partial charge >= 0.3 is 12.3 Å². The van der Waals surface area contributed by atoms with E-state index in [-0.39, 0.29) is 24.5 Å². The number of alkyl carbamates (subject to hydrolysis) is 1. The van der Waals surface area contributed by atoms with Crippen LogP contribution in [0.2, 0.25) is 0 Å². The largest absolute Gasteiger partial charge is 0.444 e. The Morgan fingerprint density at radius 3 is 2.44 bits per heavy atom. The number of pyridine rings is 1. The third-order valence-electron chi connectivity index (χ3n) is 4.95. The Labute approximate surface area is 196 Å². The fraction of sp³-hybridized carbons (Fsp3) is 0.600. The van der Waals surface area contributed by atoms with E-state index in [9.17, 15) is 31.2 Å². The number of carbonyl (C=O) groups is 2. The molecule has 0 aromatic carbocycles. The van der Waals surface area contributed by atoms with Gasteiger partial charge in [-0.3, -0.25) is 9.80 Å². The standard InChI is InChI=1S/C20H28F3N5O5S/c1-13(14(29)11-25-34(31,32)17-7-5-6-9-24-17)26-18(30)33-16(19(2,3)4)12-28-10-8-15(27-28)20(21,22)23/h5-7,9,13,16,25H,8,10-12H2,1-4H3,(H,26,30)/t13-,16+/m0/s1. The zero-order valence-electron chi connectivity index (χ0n) is 19.2. The molecule has 0 unspecified atom stereocenters. The number of ketones is 1. The van der Waals surface area contributed by atoms with Crippen molar-refractivity contribution in [2.24, 2.45) is 10.5 Å². The smallest absolute Gasteiger partial charge is 0.431 e. The average molecular weight is 508 g/mol. The molecule has 0 saturated heterocycles. The molecule has 2 heterocycles. The number of rotatable bonds is 9. The molecule has 34 heavy (non-hydrogen) atoms. The molecule has 1 aliphatic rings. The monoisotopic (exact) mass is 507 g/mol. The number of halogens is 3. The number of nitrogens with zero attached hydrogens (tertiary/aromatic N) is 3. The summed E-state index contributed by atoms with van der Waals surface area (Å²) in [4.78, 5) is 28.4. The molecule has 1 aromatic heterocycles. The summed E-state index contributed by atoms with van der Waals surface area (Å²) in [5.41, 5.74) is -1.53. The van der Waals surface area contributed by atoms with Crippen LogP contribution >= 0.6 is 0 Å². The Morgan fingerprint density at radius 2 is 1.91 bits per heavy atom. The first-order chi connectivity index (χ1) is 15.6. The molecular formula is C20H28F3N5O5S. The first-order valence-corrected chi connectivity index (χ1v) is 11.9. The summed E-state index contributed by atoms with van der Waals surface area (Å²) in [7, 11) is -4.01. The molecule has 2 rings (SSSR count). The Hall–Kier alpha value is -2.74. The predicted octanol–water partition coefficient (Wildman–Crippen LogP) is 2.08. The highest BCUT2D eigenvalue weighted by Crippen LogP contribution is 2.27. The summed E-state index contributed by atoms with van der Waals surface area (Å²) in [6.45, 7) is 5.97. The summed E-state index contributed by atoms with van der Waals surface area (Å²) >= 11 is 0. The van der Waals surface area contributed by atoms with Crippen LogP contribution in [0.4, 0.5) is 18.0 Å². The van der Waals surface area contributed by atoms with Crippen molar-refractivity contribution in [3.63, 3.8) is 0 Å². The van der Waals surface area contributed by atoms with Crippen molar-refractivity contribution in [1.82, 2.24) is 20.0 Å². The lowest BCUT2D eigenvalue weighted by Crippen LogP contribution is -2.47. The molecule has 14 heteroatoms. The highest BCUT2D eigenvalue weighted by Gasteiger charge is 2.40. The Bertz CT molecular complexity index is 1010. The number of alkyl halides is 3. The molecule has 0 saturated carbocycles. The van der Waals surface area contributed by atoms with Gasteiger partial charge in [-0.05, 0) is 19.1 Å². The molecule has 0 spiro atoms. The van der Waals surface area contributed by atoms with Crippen LogP contribution in [0.1, 0.15) is 34.1 Å². The summed E-state index contributed by atoms with van der Waals surface area (Å²) in [5, 5.41) is 6.84. The molecule has 0 aliphatic carbocycles. The second-order valence-corrected chi connectivity index (χ2v) is 10.5. The van der Waals surface area contributed by atoms with Crippen molar-refractivity contribution in [1.29, 1.82) is 0 Å². The third kappa shape index (κ3) is 7.94. The SMILES string of the molecule is C[C@H](NC(=O)O[C@H](CN1CCC(C(F)(F)F)=N1)C(C)(C)C)C(=O)CNS(=O)(=O)c1ccccn1. The van der Waals surface area contributed by atoms with Crippen LogP contribution in [0.25, 0.3) is 0 Å². The molecule has 1 aliphatic heterocycles. The van der Waals surface area contributed by atoms with Crippen molar-refractivity contribution >= 4 is 27.6 Å². The molecule has 1 amide bonds. The van der Waals surface area contributed by atoms with Gasteiger partial charge in [0.05, 0.1) is 19.1 Å². The van der Waals surface area contributed by atoms with Crippen LogP contribution in [-0.2, 0) is 19.6 Å². The lowest BCUT2D eigenvalue weighted by molar-refractivity contribution is -0.119. The second kappa shape index (κ2) is 10.7. The minimum atomic E-state index is -4.52. The van der Waals surface area contributed by atoms with Gasteiger partial charge in [-0.25, -0.2) is 22.9 Å². The van der Waals surface area contributed by atoms with Crippen LogP contribution in [0.5, 0.6) is 0 Å². The number of ether oxygens (including phenoxy) is 1. The quantitative estimate of drug-likeness (QED) is 0.523. The number of aromatic nitrogens is 1. The first kappa shape index (κ1) is 27.5. The summed E-state index contributed by atoms with van der Waals surface area (Å²) in [5.74, 6) is -0.636. The van der Waals surface area contributed by atoms with Crippen molar-refractivity contribution in [2.75, 3.05) is 19.6 Å². The number of hydrazone groups is 1. The number of amides is 1. The maximum absolute atomic E-state index is 12.8. The van der Waals surface area contributed by atoms with Gasteiger partial charge in [-0.1, -0.05) is 26.8 Å². The Morgan fingerprint density at radius 1 is 1.24 bits per heavy atom. The fourth-order valence-corrected chi connectivity index (χ4v) is 3.77. The summed E-state index contributed by atoms with van der Waals surface area (Å²) in [6, 6.07) is 3.19. The van der Waals surface area contributed by atoms with E-state index < -0.39 is 57.9 Å². The Kier molecular flexibility index (Phi) is 8.64. The van der Waals surface area contributed by atoms with Crippen molar-refractivity contribution in [3.05, 3.63) is 24.4 Å². The number of hydrogen-bond acceptors (Lipinski definition) is 8. The van der Waals surface area contributed by atoms with Gasteiger partial charge in [0, 0.05) is 24.6 Å². The Balaban J connectivity index is 1.92. The highest BCUT2D eigenvalue weighted by molar-refractivity contribution is 7.89. The van der Waals surface area contributed by atoms with Gasteiger partial charge in [0.1, 0.15) is 11.8 Å². The van der Waals surface area contributed by atoms with Crippen LogP contribution in [-0.4, -0.2) is 74.0 Å². The van der Waals surface area contributed by atoms with E-state index >= 15 is 0 Å². The number of sulfonamides is 1. The molecule has 1 aromatic rings. The minimum absolute atomic E-state index is 0.0394. The maximum atomic E-state index is 12.8. The normalized spacial score (nSPS) is 16.6. The fourth-order valence-electron chi connectivity index (χ4n) is 2.84. The van der Waals surface area contributed by atoms with E-state index in [1.54, 1.807) is 20.8 Å². The van der Waals surface area contributed by atoms with Crippen molar-refractivity contribution in [2.45, 2.75) is 57.5 Å². The van der Waals surface area contributed by atoms with Gasteiger partial charge in [-0.15, -0.1) is 0 Å². The van der Waals surface area contributed by atoms with Crippen molar-refractivity contribution in [3.8, 4) is 0 Å². The molecule has 190 valence electrons. The molecule has 2 atom stereocenters. The van der Waals surface area contributed by atoms with Gasteiger partial charge in [0.2, 0.25) is 0 Å². The van der Waals surface area contributed by atoms with E-state index in [0.29, 0.717) is 0 Å². The van der Waals surface area contributed by atoms with Gasteiger partial charge < -0.3 is 10.1 Å². The van der Waals surface area contributed by atoms with Crippen LogP contribution < -0.4 is 10.0 Å². The molecule has 10 nitrogen and oxygen atoms in total. The number of nitrogens with one attached hydrogen (secondary N) is 2. The van der Waals surface area contributed by atoms with E-state index in [1.807, 2.05) is 0 Å². The van der Waals surface area contributed by atoms with Gasteiger partial charge in [-0.2, -0.15) is 18.3 Å². The number of hydrogen-bond donors (Lipinski definition) is 2. The maximum Gasteiger partial charge on any atom is 0.431 e. The van der Waals surface area contributed by atoms with Crippen LogP contribution in [0, 0.1) is 5.41 Å². The summed E-state index contributed by atoms with van der Waals surface area (Å²) in [6.07, 6.45) is -5.29. The lowest BCUT2D eigenvalue weighted by Gasteiger charge is -2.33. The first-order valence-electron chi connectivity index (χ1n) is 10.4. The second-order valence-electron chi connectivity index (χ2n) is 8.79. The highest BCUT2D eigenvalue weighted by atomic mass is 32.2. The summed E-state index contributed by atoms with van der Waals surface area (Å²) < 4.78 is 70.3. The lowest BCUT2D eigenvalue weighted by atomic mass is 9.89. The van der Waals surface area contributed by atoms with E-state index in [0.717, 1.165) is 0 Å². The van der Waals surface area contributed by atoms with E-state index in [1.165, 1.54) is 36.3 Å². The van der Waals surface area contributed by atoms with Crippen LogP contribution in [0.15, 0.2) is 34.5 Å². The van der Waals surface area contributed by atoms with Crippen LogP contribution in [0.3, 0.4) is 0 Å². The topological polar surface area (TPSA) is 130 Å². The van der Waals surface area contributed by atoms with Gasteiger partial charge in [0.15, 0.2) is 10.8 Å². The number of carbonyl (C=O) groups excluding carboxylic acids is 2. The molecule has 0 bridgehead atoms. The van der Waals surface area contributed by atoms with Gasteiger partial charge in [0.25, 0.3) is 10.0 Å². The zero-order chi connectivity index (χ0) is 25.7.